The molecule has 4 aromatic rings. The molecule has 0 spiro atoms. The van der Waals surface area contributed by atoms with Gasteiger partial charge in [-0.2, -0.15) is 0 Å². The van der Waals surface area contributed by atoms with E-state index in [1.807, 2.05) is 42.5 Å². The van der Waals surface area contributed by atoms with Crippen molar-refractivity contribution in [2.24, 2.45) is 5.92 Å². The molecule has 1 atom stereocenters. The largest absolute Gasteiger partial charge is 0.372 e. The van der Waals surface area contributed by atoms with E-state index in [0.29, 0.717) is 23.7 Å². The summed E-state index contributed by atoms with van der Waals surface area (Å²) in [5.41, 5.74) is 4.18. The van der Waals surface area contributed by atoms with Crippen LogP contribution in [0.1, 0.15) is 87.9 Å². The van der Waals surface area contributed by atoms with Gasteiger partial charge in [0.05, 0.1) is 11.0 Å². The highest BCUT2D eigenvalue weighted by atomic mass is 32.1. The van der Waals surface area contributed by atoms with Gasteiger partial charge in [0.1, 0.15) is 11.9 Å². The average Bonchev–Trinajstić information content (AvgIpc) is 3.62. The van der Waals surface area contributed by atoms with Crippen molar-refractivity contribution in [3.63, 3.8) is 0 Å². The summed E-state index contributed by atoms with van der Waals surface area (Å²) in [5.74, 6) is 0.753. The Morgan fingerprint density at radius 3 is 2.29 bits per heavy atom. The highest BCUT2D eigenvalue weighted by molar-refractivity contribution is 7.09. The van der Waals surface area contributed by atoms with Crippen LogP contribution >= 0.6 is 11.3 Å². The number of nitrogens with zero attached hydrogens (tertiary/aromatic N) is 3. The highest BCUT2D eigenvalue weighted by Gasteiger charge is 2.24. The number of carbonyl (C=O) groups excluding carboxylic acids is 2. The van der Waals surface area contributed by atoms with Gasteiger partial charge in [0.15, 0.2) is 0 Å². The molecule has 4 rings (SSSR count). The van der Waals surface area contributed by atoms with Gasteiger partial charge in [0.25, 0.3) is 5.91 Å². The number of imidazole rings is 1. The zero-order valence-corrected chi connectivity index (χ0v) is 26.6. The molecule has 2 N–H and O–H groups in total. The summed E-state index contributed by atoms with van der Waals surface area (Å²) in [6.45, 7) is 14.6. The van der Waals surface area contributed by atoms with Gasteiger partial charge in [-0.25, -0.2) is 4.98 Å². The lowest BCUT2D eigenvalue weighted by molar-refractivity contribution is -0.118. The minimum atomic E-state index is -0.660. The molecule has 0 unspecified atom stereocenters. The summed E-state index contributed by atoms with van der Waals surface area (Å²) in [7, 11) is 0. The van der Waals surface area contributed by atoms with E-state index in [9.17, 15) is 9.59 Å². The van der Waals surface area contributed by atoms with Crippen molar-refractivity contribution in [2.75, 3.05) is 23.3 Å². The lowest BCUT2D eigenvalue weighted by atomic mass is 10.0. The Bertz CT molecular complexity index is 1450. The third-order valence-corrected chi connectivity index (χ3v) is 8.71. The Morgan fingerprint density at radius 1 is 0.976 bits per heavy atom. The Hall–Kier alpha value is -3.65. The van der Waals surface area contributed by atoms with Crippen LogP contribution in [0.3, 0.4) is 0 Å². The SMILES string of the molecule is CCC(CC)n1c(Cc2cccs2)nc2cc(C(=O)N[C@@H](CC(C)C)C(=O)Nc3ccc(N(CC)CC)cc3)ccc21. The number of hydrogen-bond donors (Lipinski definition) is 2. The molecule has 2 amide bonds. The van der Waals surface area contributed by atoms with Gasteiger partial charge in [-0.15, -0.1) is 11.3 Å². The van der Waals surface area contributed by atoms with Gasteiger partial charge < -0.3 is 20.1 Å². The summed E-state index contributed by atoms with van der Waals surface area (Å²) in [6, 6.07) is 17.5. The van der Waals surface area contributed by atoms with E-state index in [-0.39, 0.29) is 17.7 Å². The Morgan fingerprint density at radius 2 is 1.69 bits per heavy atom. The fourth-order valence-electron chi connectivity index (χ4n) is 5.56. The molecule has 2 aromatic carbocycles. The van der Waals surface area contributed by atoms with Crippen LogP contribution < -0.4 is 15.5 Å². The molecule has 7 nitrogen and oxygen atoms in total. The molecule has 224 valence electrons. The van der Waals surface area contributed by atoms with Crippen molar-refractivity contribution >= 4 is 45.6 Å². The van der Waals surface area contributed by atoms with E-state index in [4.69, 9.17) is 4.98 Å². The molecule has 42 heavy (non-hydrogen) atoms. The smallest absolute Gasteiger partial charge is 0.252 e. The quantitative estimate of drug-likeness (QED) is 0.159. The summed E-state index contributed by atoms with van der Waals surface area (Å²) in [4.78, 5) is 35.4. The van der Waals surface area contributed by atoms with E-state index in [1.165, 1.54) is 4.88 Å². The molecule has 0 saturated heterocycles. The molecule has 0 aliphatic rings. The maximum absolute atomic E-state index is 13.5. The molecule has 2 aromatic heterocycles. The Balaban J connectivity index is 1.55. The van der Waals surface area contributed by atoms with Crippen LogP contribution in [0.2, 0.25) is 0 Å². The highest BCUT2D eigenvalue weighted by Crippen LogP contribution is 2.28. The third-order valence-electron chi connectivity index (χ3n) is 7.84. The van der Waals surface area contributed by atoms with Crippen molar-refractivity contribution in [2.45, 2.75) is 79.3 Å². The monoisotopic (exact) mass is 587 g/mol. The second kappa shape index (κ2) is 14.5. The van der Waals surface area contributed by atoms with Crippen molar-refractivity contribution in [1.82, 2.24) is 14.9 Å². The number of thiophene rings is 1. The number of benzene rings is 2. The first-order chi connectivity index (χ1) is 20.3. The van der Waals surface area contributed by atoms with Crippen LogP contribution in [0.15, 0.2) is 60.0 Å². The van der Waals surface area contributed by atoms with Gasteiger partial charge in [-0.3, -0.25) is 9.59 Å². The van der Waals surface area contributed by atoms with Crippen molar-refractivity contribution in [1.29, 1.82) is 0 Å². The molecule has 0 saturated carbocycles. The van der Waals surface area contributed by atoms with Crippen LogP contribution in [0.5, 0.6) is 0 Å². The van der Waals surface area contributed by atoms with Crippen molar-refractivity contribution in [3.8, 4) is 0 Å². The second-order valence-electron chi connectivity index (χ2n) is 11.2. The molecule has 0 bridgehead atoms. The number of fused-ring (bicyclic) bond motifs is 1. The van der Waals surface area contributed by atoms with E-state index in [0.717, 1.165) is 54.9 Å². The van der Waals surface area contributed by atoms with Crippen LogP contribution in [-0.4, -0.2) is 40.5 Å². The summed E-state index contributed by atoms with van der Waals surface area (Å²) in [5, 5.41) is 8.10. The summed E-state index contributed by atoms with van der Waals surface area (Å²) >= 11 is 1.73. The minimum Gasteiger partial charge on any atom is -0.372 e. The lowest BCUT2D eigenvalue weighted by Crippen LogP contribution is -2.44. The first kappa shape index (κ1) is 31.3. The Labute approximate surface area is 254 Å². The van der Waals surface area contributed by atoms with E-state index < -0.39 is 6.04 Å². The van der Waals surface area contributed by atoms with Gasteiger partial charge in [-0.1, -0.05) is 33.8 Å². The first-order valence-corrected chi connectivity index (χ1v) is 16.2. The maximum atomic E-state index is 13.5. The van der Waals surface area contributed by atoms with Crippen molar-refractivity contribution in [3.05, 3.63) is 76.2 Å². The fraction of sp³-hybridized carbons (Fsp3) is 0.441. The number of aromatic nitrogens is 2. The van der Waals surface area contributed by atoms with E-state index in [1.54, 1.807) is 11.3 Å². The van der Waals surface area contributed by atoms with Gasteiger partial charge in [0, 0.05) is 47.4 Å². The molecule has 2 heterocycles. The van der Waals surface area contributed by atoms with Crippen molar-refractivity contribution < 1.29 is 9.59 Å². The zero-order chi connectivity index (χ0) is 30.2. The standard InChI is InChI=1S/C34H45N5O2S/c1-7-26(8-2)39-31-18-13-24(21-29(31)36-32(39)22-28-12-11-19-42-28)33(40)37-30(20-23(5)6)34(41)35-25-14-16-27(17-15-25)38(9-3)10-4/h11-19,21,23,26,30H,7-10,20,22H2,1-6H3,(H,35,41)(H,37,40)/t30-/m0/s1. The number of carbonyl (C=O) groups is 2. The number of amides is 2. The van der Waals surface area contributed by atoms with Gasteiger partial charge in [-0.05, 0) is 92.9 Å². The number of nitrogens with one attached hydrogen (secondary N) is 2. The predicted molar refractivity (Wildman–Crippen MR) is 176 cm³/mol. The molecule has 0 aliphatic heterocycles. The second-order valence-corrected chi connectivity index (χ2v) is 12.2. The van der Waals surface area contributed by atoms with E-state index >= 15 is 0 Å². The maximum Gasteiger partial charge on any atom is 0.252 e. The van der Waals surface area contributed by atoms with Crippen LogP contribution in [0.4, 0.5) is 11.4 Å². The van der Waals surface area contributed by atoms with Gasteiger partial charge in [0.2, 0.25) is 5.91 Å². The van der Waals surface area contributed by atoms with Crippen LogP contribution in [-0.2, 0) is 11.2 Å². The van der Waals surface area contributed by atoms with E-state index in [2.05, 4.69) is 79.2 Å². The number of hydrogen-bond acceptors (Lipinski definition) is 5. The molecular formula is C34H45N5O2S. The summed E-state index contributed by atoms with van der Waals surface area (Å²) in [6.07, 6.45) is 3.31. The molecule has 0 fully saturated rings. The fourth-order valence-corrected chi connectivity index (χ4v) is 6.26. The molecule has 8 heteroatoms. The molecular weight excluding hydrogens is 542 g/mol. The third kappa shape index (κ3) is 7.40. The van der Waals surface area contributed by atoms with Crippen LogP contribution in [0.25, 0.3) is 11.0 Å². The molecule has 0 radical (unpaired) electrons. The first-order valence-electron chi connectivity index (χ1n) is 15.3. The topological polar surface area (TPSA) is 79.3 Å². The lowest BCUT2D eigenvalue weighted by Gasteiger charge is -2.22. The van der Waals surface area contributed by atoms with Crippen LogP contribution in [0, 0.1) is 5.92 Å². The average molecular weight is 588 g/mol. The zero-order valence-electron chi connectivity index (χ0n) is 25.8. The number of rotatable bonds is 14. The van der Waals surface area contributed by atoms with Gasteiger partial charge >= 0.3 is 0 Å². The summed E-state index contributed by atoms with van der Waals surface area (Å²) < 4.78 is 2.34. The molecule has 0 aliphatic carbocycles. The Kier molecular flexibility index (Phi) is 10.8. The number of anilines is 2. The predicted octanol–water partition coefficient (Wildman–Crippen LogP) is 7.68. The normalized spacial score (nSPS) is 12.2. The minimum absolute atomic E-state index is 0.218.